The summed E-state index contributed by atoms with van der Waals surface area (Å²) in [5.74, 6) is 1.03. The van der Waals surface area contributed by atoms with Gasteiger partial charge in [0.05, 0.1) is 6.54 Å². The van der Waals surface area contributed by atoms with Crippen LogP contribution in [0.15, 0.2) is 28.7 Å². The van der Waals surface area contributed by atoms with E-state index in [1.165, 1.54) is 17.4 Å². The van der Waals surface area contributed by atoms with Gasteiger partial charge in [-0.1, -0.05) is 26.3 Å². The van der Waals surface area contributed by atoms with Crippen molar-refractivity contribution in [2.75, 3.05) is 6.54 Å². The van der Waals surface area contributed by atoms with Crippen LogP contribution >= 0.6 is 0 Å². The van der Waals surface area contributed by atoms with E-state index in [1.807, 2.05) is 0 Å². The molecule has 0 spiro atoms. The van der Waals surface area contributed by atoms with Crippen LogP contribution in [-0.2, 0) is 13.0 Å². The minimum atomic E-state index is 0.825. The maximum absolute atomic E-state index is 5.79. The number of hydrogen-bond acceptors (Lipinski definition) is 2. The van der Waals surface area contributed by atoms with E-state index in [-0.39, 0.29) is 0 Å². The van der Waals surface area contributed by atoms with Gasteiger partial charge in [-0.15, -0.1) is 0 Å². The minimum absolute atomic E-state index is 0.825. The van der Waals surface area contributed by atoms with E-state index >= 15 is 0 Å². The van der Waals surface area contributed by atoms with Crippen molar-refractivity contribution >= 4 is 11.0 Å². The topological polar surface area (TPSA) is 25.2 Å². The fourth-order valence-electron chi connectivity index (χ4n) is 2.07. The van der Waals surface area contributed by atoms with Gasteiger partial charge in [-0.2, -0.15) is 0 Å². The van der Waals surface area contributed by atoms with E-state index in [0.29, 0.717) is 0 Å². The van der Waals surface area contributed by atoms with Crippen molar-refractivity contribution < 1.29 is 4.42 Å². The molecular weight excluding hydrogens is 210 g/mol. The van der Waals surface area contributed by atoms with Gasteiger partial charge in [-0.05, 0) is 43.1 Å². The van der Waals surface area contributed by atoms with Crippen molar-refractivity contribution in [1.29, 1.82) is 0 Å². The molecule has 1 N–H and O–H groups in total. The molecule has 2 rings (SSSR count). The first-order valence-corrected chi connectivity index (χ1v) is 6.55. The van der Waals surface area contributed by atoms with Gasteiger partial charge in [-0.3, -0.25) is 0 Å². The molecule has 0 atom stereocenters. The molecule has 0 saturated carbocycles. The Morgan fingerprint density at radius 2 is 2.00 bits per heavy atom. The molecule has 1 heterocycles. The quantitative estimate of drug-likeness (QED) is 0.763. The zero-order valence-corrected chi connectivity index (χ0v) is 10.8. The summed E-state index contributed by atoms with van der Waals surface area (Å²) in [6.07, 6.45) is 3.49. The largest absolute Gasteiger partial charge is 0.460 e. The van der Waals surface area contributed by atoms with Crippen LogP contribution in [0.1, 0.15) is 38.0 Å². The van der Waals surface area contributed by atoms with E-state index < -0.39 is 0 Å². The highest BCUT2D eigenvalue weighted by Gasteiger charge is 2.04. The Hall–Kier alpha value is -1.28. The molecule has 0 fully saturated rings. The van der Waals surface area contributed by atoms with Crippen LogP contribution < -0.4 is 5.32 Å². The van der Waals surface area contributed by atoms with E-state index in [2.05, 4.69) is 43.4 Å². The third-order valence-electron chi connectivity index (χ3n) is 2.90. The van der Waals surface area contributed by atoms with Crippen LogP contribution in [0.2, 0.25) is 0 Å². The van der Waals surface area contributed by atoms with Crippen molar-refractivity contribution in [2.24, 2.45) is 0 Å². The molecule has 17 heavy (non-hydrogen) atoms. The van der Waals surface area contributed by atoms with Gasteiger partial charge in [-0.25, -0.2) is 0 Å². The van der Waals surface area contributed by atoms with Gasteiger partial charge in [0, 0.05) is 5.39 Å². The fraction of sp³-hybridized carbons (Fsp3) is 0.467. The zero-order valence-electron chi connectivity index (χ0n) is 10.8. The smallest absolute Gasteiger partial charge is 0.134 e. The summed E-state index contributed by atoms with van der Waals surface area (Å²) in [4.78, 5) is 0. The average Bonchev–Trinajstić information content (AvgIpc) is 2.72. The summed E-state index contributed by atoms with van der Waals surface area (Å²) in [5.41, 5.74) is 2.40. The highest BCUT2D eigenvalue weighted by molar-refractivity contribution is 5.78. The molecule has 0 aliphatic carbocycles. The molecule has 0 saturated heterocycles. The van der Waals surface area contributed by atoms with Crippen LogP contribution in [-0.4, -0.2) is 6.54 Å². The number of hydrogen-bond donors (Lipinski definition) is 1. The number of aryl methyl sites for hydroxylation is 1. The van der Waals surface area contributed by atoms with Gasteiger partial charge >= 0.3 is 0 Å². The van der Waals surface area contributed by atoms with Gasteiger partial charge in [0.1, 0.15) is 11.3 Å². The average molecular weight is 231 g/mol. The van der Waals surface area contributed by atoms with Crippen molar-refractivity contribution in [1.82, 2.24) is 5.32 Å². The highest BCUT2D eigenvalue weighted by atomic mass is 16.3. The summed E-state index contributed by atoms with van der Waals surface area (Å²) in [5, 5.41) is 4.58. The number of rotatable bonds is 6. The van der Waals surface area contributed by atoms with Crippen molar-refractivity contribution in [3.8, 4) is 0 Å². The second-order valence-electron chi connectivity index (χ2n) is 4.51. The molecule has 0 aliphatic rings. The molecule has 0 amide bonds. The molecule has 0 bridgehead atoms. The number of furan rings is 1. The fourth-order valence-corrected chi connectivity index (χ4v) is 2.07. The van der Waals surface area contributed by atoms with Crippen LogP contribution in [0.3, 0.4) is 0 Å². The third-order valence-corrected chi connectivity index (χ3v) is 2.90. The summed E-state index contributed by atoms with van der Waals surface area (Å²) in [6, 6.07) is 8.64. The van der Waals surface area contributed by atoms with Crippen LogP contribution in [0.5, 0.6) is 0 Å². The first-order valence-electron chi connectivity index (χ1n) is 6.55. The standard InChI is InChI=1S/C15H21NO/c1-3-5-12-6-7-15-13(9-12)10-14(17-15)11-16-8-4-2/h6-7,9-10,16H,3-5,8,11H2,1-2H3. The lowest BCUT2D eigenvalue weighted by Gasteiger charge is -1.97. The van der Waals surface area contributed by atoms with E-state index in [0.717, 1.165) is 37.3 Å². The van der Waals surface area contributed by atoms with Crippen LogP contribution in [0.4, 0.5) is 0 Å². The summed E-state index contributed by atoms with van der Waals surface area (Å²) >= 11 is 0. The first-order chi connectivity index (χ1) is 8.33. The first kappa shape index (κ1) is 12.2. The predicted molar refractivity (Wildman–Crippen MR) is 72.2 cm³/mol. The highest BCUT2D eigenvalue weighted by Crippen LogP contribution is 2.21. The molecular formula is C15H21NO. The Bertz CT molecular complexity index is 473. The van der Waals surface area contributed by atoms with Gasteiger partial charge in [0.25, 0.3) is 0 Å². The summed E-state index contributed by atoms with van der Waals surface area (Å²) < 4.78 is 5.79. The molecule has 2 nitrogen and oxygen atoms in total. The van der Waals surface area contributed by atoms with Gasteiger partial charge in [0.15, 0.2) is 0 Å². The van der Waals surface area contributed by atoms with Crippen LogP contribution in [0.25, 0.3) is 11.0 Å². The lowest BCUT2D eigenvalue weighted by molar-refractivity contribution is 0.513. The molecule has 1 aromatic carbocycles. The van der Waals surface area contributed by atoms with Gasteiger partial charge in [0.2, 0.25) is 0 Å². The Balaban J connectivity index is 2.12. The van der Waals surface area contributed by atoms with Crippen LogP contribution in [0, 0.1) is 0 Å². The summed E-state index contributed by atoms with van der Waals surface area (Å²) in [6.45, 7) is 6.24. The SMILES string of the molecule is CCCNCc1cc2cc(CCC)ccc2o1. The van der Waals surface area contributed by atoms with Gasteiger partial charge < -0.3 is 9.73 Å². The van der Waals surface area contributed by atoms with E-state index in [4.69, 9.17) is 4.42 Å². The Labute approximate surface area is 103 Å². The molecule has 1 aromatic heterocycles. The second kappa shape index (κ2) is 5.87. The normalized spacial score (nSPS) is 11.2. The molecule has 0 aliphatic heterocycles. The number of benzene rings is 1. The lowest BCUT2D eigenvalue weighted by atomic mass is 10.1. The van der Waals surface area contributed by atoms with E-state index in [9.17, 15) is 0 Å². The molecule has 92 valence electrons. The zero-order chi connectivity index (χ0) is 12.1. The number of fused-ring (bicyclic) bond motifs is 1. The monoisotopic (exact) mass is 231 g/mol. The maximum Gasteiger partial charge on any atom is 0.134 e. The molecule has 2 aromatic rings. The Morgan fingerprint density at radius 3 is 2.76 bits per heavy atom. The Kier molecular flexibility index (Phi) is 4.21. The maximum atomic E-state index is 5.79. The third kappa shape index (κ3) is 3.10. The number of nitrogens with one attached hydrogen (secondary N) is 1. The van der Waals surface area contributed by atoms with Crippen molar-refractivity contribution in [3.63, 3.8) is 0 Å². The van der Waals surface area contributed by atoms with Crippen molar-refractivity contribution in [2.45, 2.75) is 39.7 Å². The lowest BCUT2D eigenvalue weighted by Crippen LogP contribution is -2.12. The van der Waals surface area contributed by atoms with Crippen molar-refractivity contribution in [3.05, 3.63) is 35.6 Å². The Morgan fingerprint density at radius 1 is 1.12 bits per heavy atom. The molecule has 0 unspecified atom stereocenters. The molecule has 0 radical (unpaired) electrons. The predicted octanol–water partition coefficient (Wildman–Crippen LogP) is 3.88. The summed E-state index contributed by atoms with van der Waals surface area (Å²) in [7, 11) is 0. The second-order valence-corrected chi connectivity index (χ2v) is 4.51. The van der Waals surface area contributed by atoms with E-state index in [1.54, 1.807) is 0 Å². The molecule has 2 heteroatoms. The minimum Gasteiger partial charge on any atom is -0.460 e.